The fourth-order valence-electron chi connectivity index (χ4n) is 2.90. The summed E-state index contributed by atoms with van der Waals surface area (Å²) in [6.07, 6.45) is 1.93. The van der Waals surface area contributed by atoms with E-state index < -0.39 is 0 Å². The zero-order chi connectivity index (χ0) is 15.3. The molecule has 3 nitrogen and oxygen atoms in total. The minimum atomic E-state index is -0.0637. The standard InChI is InChI=1S/C18H13BrN2O/c1-10-12-4-2-3-5-15(12)20-17(10)9-14-13-8-11(19)6-7-16(13)21-18(14)22/h2-9,20H,1H3,(H,21,22). The molecule has 1 aliphatic heterocycles. The Hall–Kier alpha value is -2.33. The Bertz CT molecular complexity index is 953. The van der Waals surface area contributed by atoms with E-state index in [2.05, 4.69) is 39.2 Å². The molecule has 2 aromatic carbocycles. The third-order valence-corrected chi connectivity index (χ3v) is 4.55. The summed E-state index contributed by atoms with van der Waals surface area (Å²) in [7, 11) is 0. The number of hydrogen-bond acceptors (Lipinski definition) is 1. The number of para-hydroxylation sites is 1. The zero-order valence-corrected chi connectivity index (χ0v) is 13.5. The van der Waals surface area contributed by atoms with Crippen molar-refractivity contribution in [1.29, 1.82) is 0 Å². The molecule has 2 heterocycles. The summed E-state index contributed by atoms with van der Waals surface area (Å²) in [5.41, 5.74) is 5.68. The van der Waals surface area contributed by atoms with Crippen molar-refractivity contribution in [2.45, 2.75) is 6.92 Å². The molecule has 1 amide bonds. The molecule has 3 aromatic rings. The predicted molar refractivity (Wildman–Crippen MR) is 93.7 cm³/mol. The monoisotopic (exact) mass is 352 g/mol. The van der Waals surface area contributed by atoms with Crippen molar-refractivity contribution in [3.8, 4) is 0 Å². The fourth-order valence-corrected chi connectivity index (χ4v) is 3.26. The molecule has 0 spiro atoms. The van der Waals surface area contributed by atoms with Crippen LogP contribution >= 0.6 is 15.9 Å². The van der Waals surface area contributed by atoms with Gasteiger partial charge in [0.1, 0.15) is 0 Å². The molecule has 4 heteroatoms. The molecule has 0 saturated heterocycles. The number of carbonyl (C=O) groups excluding carboxylic acids is 1. The van der Waals surface area contributed by atoms with Crippen LogP contribution in [0.2, 0.25) is 0 Å². The van der Waals surface area contributed by atoms with Crippen LogP contribution in [-0.2, 0) is 4.79 Å². The molecule has 0 fully saturated rings. The number of halogens is 1. The van der Waals surface area contributed by atoms with Gasteiger partial charge in [0, 0.05) is 32.3 Å². The number of rotatable bonds is 1. The highest BCUT2D eigenvalue weighted by Crippen LogP contribution is 2.35. The number of aromatic amines is 1. The van der Waals surface area contributed by atoms with Crippen LogP contribution in [-0.4, -0.2) is 10.9 Å². The van der Waals surface area contributed by atoms with Crippen molar-refractivity contribution in [3.05, 3.63) is 63.8 Å². The minimum absolute atomic E-state index is 0.0637. The first kappa shape index (κ1) is 13.3. The second kappa shape index (κ2) is 4.85. The van der Waals surface area contributed by atoms with Gasteiger partial charge in [-0.05, 0) is 42.8 Å². The number of aryl methyl sites for hydroxylation is 1. The molecule has 1 aromatic heterocycles. The number of nitrogens with one attached hydrogen (secondary N) is 2. The van der Waals surface area contributed by atoms with E-state index in [4.69, 9.17) is 0 Å². The number of benzene rings is 2. The minimum Gasteiger partial charge on any atom is -0.355 e. The van der Waals surface area contributed by atoms with Crippen LogP contribution < -0.4 is 5.32 Å². The molecule has 1 aliphatic rings. The van der Waals surface area contributed by atoms with Crippen molar-refractivity contribution >= 4 is 50.1 Å². The second-order valence-corrected chi connectivity index (χ2v) is 6.33. The summed E-state index contributed by atoms with van der Waals surface area (Å²) in [6.45, 7) is 2.07. The highest BCUT2D eigenvalue weighted by atomic mass is 79.9. The van der Waals surface area contributed by atoms with E-state index in [1.165, 1.54) is 5.39 Å². The van der Waals surface area contributed by atoms with Gasteiger partial charge in [-0.15, -0.1) is 0 Å². The number of amides is 1. The van der Waals surface area contributed by atoms with Gasteiger partial charge >= 0.3 is 0 Å². The Morgan fingerprint density at radius 1 is 1.14 bits per heavy atom. The van der Waals surface area contributed by atoms with Gasteiger partial charge in [0.2, 0.25) is 0 Å². The van der Waals surface area contributed by atoms with Gasteiger partial charge in [-0.1, -0.05) is 34.1 Å². The zero-order valence-electron chi connectivity index (χ0n) is 11.9. The molecule has 0 atom stereocenters. The molecule has 108 valence electrons. The van der Waals surface area contributed by atoms with Crippen molar-refractivity contribution < 1.29 is 4.79 Å². The van der Waals surface area contributed by atoms with E-state index >= 15 is 0 Å². The predicted octanol–water partition coefficient (Wildman–Crippen LogP) is 4.73. The van der Waals surface area contributed by atoms with Crippen LogP contribution in [0.4, 0.5) is 5.69 Å². The summed E-state index contributed by atoms with van der Waals surface area (Å²) >= 11 is 3.47. The molecule has 0 saturated carbocycles. The normalized spacial score (nSPS) is 15.4. The third kappa shape index (κ3) is 1.99. The van der Waals surface area contributed by atoms with Crippen molar-refractivity contribution in [3.63, 3.8) is 0 Å². The lowest BCUT2D eigenvalue weighted by atomic mass is 10.0. The summed E-state index contributed by atoms with van der Waals surface area (Å²) in [5.74, 6) is -0.0637. The molecule has 2 N–H and O–H groups in total. The molecular formula is C18H13BrN2O. The smallest absolute Gasteiger partial charge is 0.256 e. The Kier molecular flexibility index (Phi) is 2.94. The number of anilines is 1. The highest BCUT2D eigenvalue weighted by Gasteiger charge is 2.24. The maximum atomic E-state index is 12.3. The maximum Gasteiger partial charge on any atom is 0.256 e. The molecule has 22 heavy (non-hydrogen) atoms. The van der Waals surface area contributed by atoms with Crippen LogP contribution in [0.1, 0.15) is 16.8 Å². The number of hydrogen-bond donors (Lipinski definition) is 2. The van der Waals surface area contributed by atoms with E-state index in [1.807, 2.05) is 42.5 Å². The van der Waals surface area contributed by atoms with Gasteiger partial charge < -0.3 is 10.3 Å². The first-order valence-electron chi connectivity index (χ1n) is 7.04. The van der Waals surface area contributed by atoms with Crippen LogP contribution in [0, 0.1) is 6.92 Å². The lowest BCUT2D eigenvalue weighted by molar-refractivity contribution is -0.110. The lowest BCUT2D eigenvalue weighted by Crippen LogP contribution is -2.03. The lowest BCUT2D eigenvalue weighted by Gasteiger charge is -1.99. The van der Waals surface area contributed by atoms with Crippen molar-refractivity contribution in [2.75, 3.05) is 5.32 Å². The van der Waals surface area contributed by atoms with Crippen molar-refractivity contribution in [1.82, 2.24) is 4.98 Å². The van der Waals surface area contributed by atoms with Gasteiger partial charge in [-0.25, -0.2) is 0 Å². The topological polar surface area (TPSA) is 44.9 Å². The largest absolute Gasteiger partial charge is 0.355 e. The quantitative estimate of drug-likeness (QED) is 0.611. The number of aromatic nitrogens is 1. The Balaban J connectivity index is 1.91. The first-order chi connectivity index (χ1) is 10.6. The fraction of sp³-hybridized carbons (Fsp3) is 0.0556. The molecular weight excluding hydrogens is 340 g/mol. The Morgan fingerprint density at radius 2 is 1.95 bits per heavy atom. The van der Waals surface area contributed by atoms with E-state index in [9.17, 15) is 4.79 Å². The molecule has 0 radical (unpaired) electrons. The van der Waals surface area contributed by atoms with Crippen LogP contribution in [0.15, 0.2) is 46.9 Å². The van der Waals surface area contributed by atoms with E-state index in [-0.39, 0.29) is 5.91 Å². The van der Waals surface area contributed by atoms with Gasteiger partial charge in [0.15, 0.2) is 0 Å². The Morgan fingerprint density at radius 3 is 2.77 bits per heavy atom. The summed E-state index contributed by atoms with van der Waals surface area (Å²) < 4.78 is 0.960. The highest BCUT2D eigenvalue weighted by molar-refractivity contribution is 9.10. The summed E-state index contributed by atoms with van der Waals surface area (Å²) in [4.78, 5) is 15.7. The van der Waals surface area contributed by atoms with Gasteiger partial charge in [0.05, 0.1) is 5.57 Å². The number of carbonyl (C=O) groups is 1. The average molecular weight is 353 g/mol. The number of fused-ring (bicyclic) bond motifs is 2. The Labute approximate surface area is 136 Å². The van der Waals surface area contributed by atoms with Crippen LogP contribution in [0.3, 0.4) is 0 Å². The molecule has 0 bridgehead atoms. The first-order valence-corrected chi connectivity index (χ1v) is 7.83. The van der Waals surface area contributed by atoms with Crippen LogP contribution in [0.5, 0.6) is 0 Å². The van der Waals surface area contributed by atoms with Crippen LogP contribution in [0.25, 0.3) is 22.6 Å². The molecule has 4 rings (SSSR count). The van der Waals surface area contributed by atoms with Crippen molar-refractivity contribution in [2.24, 2.45) is 0 Å². The summed E-state index contributed by atoms with van der Waals surface area (Å²) in [5, 5.41) is 4.09. The van der Waals surface area contributed by atoms with E-state index in [0.29, 0.717) is 5.57 Å². The summed E-state index contributed by atoms with van der Waals surface area (Å²) in [6, 6.07) is 14.0. The van der Waals surface area contributed by atoms with Gasteiger partial charge in [0.25, 0.3) is 5.91 Å². The van der Waals surface area contributed by atoms with E-state index in [0.717, 1.165) is 32.5 Å². The third-order valence-electron chi connectivity index (χ3n) is 4.06. The molecule has 0 aliphatic carbocycles. The number of H-pyrrole nitrogens is 1. The van der Waals surface area contributed by atoms with Gasteiger partial charge in [-0.3, -0.25) is 4.79 Å². The molecule has 0 unspecified atom stereocenters. The van der Waals surface area contributed by atoms with Gasteiger partial charge in [-0.2, -0.15) is 0 Å². The maximum absolute atomic E-state index is 12.3. The van der Waals surface area contributed by atoms with E-state index in [1.54, 1.807) is 0 Å². The average Bonchev–Trinajstić information content (AvgIpc) is 2.99. The second-order valence-electron chi connectivity index (χ2n) is 5.41. The SMILES string of the molecule is Cc1c(C=C2C(=O)Nc3ccc(Br)cc32)[nH]c2ccccc12.